The normalized spacial score (nSPS) is 17.6. The number of fused-ring (bicyclic) bond motifs is 1. The fourth-order valence-corrected chi connectivity index (χ4v) is 3.73. The molecule has 1 heterocycles. The highest BCUT2D eigenvalue weighted by atomic mass is 35.5. The number of hydrogen-bond acceptors (Lipinski definition) is 3. The van der Waals surface area contributed by atoms with E-state index in [-0.39, 0.29) is 5.41 Å². The van der Waals surface area contributed by atoms with E-state index in [1.54, 1.807) is 7.11 Å². The third-order valence-electron chi connectivity index (χ3n) is 4.51. The van der Waals surface area contributed by atoms with Crippen LogP contribution >= 0.6 is 11.6 Å². The summed E-state index contributed by atoms with van der Waals surface area (Å²) in [4.78, 5) is 4.43. The van der Waals surface area contributed by atoms with Crippen LogP contribution in [0.1, 0.15) is 31.2 Å². The van der Waals surface area contributed by atoms with Gasteiger partial charge in [0.15, 0.2) is 0 Å². The first-order valence-electron chi connectivity index (χ1n) is 7.04. The largest absolute Gasteiger partial charge is 0.481 e. The minimum absolute atomic E-state index is 0.0468. The molecule has 0 unspecified atom stereocenters. The van der Waals surface area contributed by atoms with Crippen LogP contribution in [0.15, 0.2) is 24.3 Å². The summed E-state index contributed by atoms with van der Waals surface area (Å²) < 4.78 is 5.16. The first-order chi connectivity index (χ1) is 9.70. The van der Waals surface area contributed by atoms with Gasteiger partial charge in [-0.15, -0.1) is 0 Å². The van der Waals surface area contributed by atoms with Crippen LogP contribution in [0.25, 0.3) is 10.9 Å². The van der Waals surface area contributed by atoms with E-state index in [1.807, 2.05) is 18.2 Å². The standard InChI is InChI=1S/C16H19ClN2O/c1-20-14-7-4-11-13(19-14)6-5-12(15(11)17)16(10-18)8-2-3-9-16/h4-7H,2-3,8-10,18H2,1H3. The van der Waals surface area contributed by atoms with E-state index >= 15 is 0 Å². The zero-order valence-corrected chi connectivity index (χ0v) is 12.4. The molecule has 1 aliphatic carbocycles. The van der Waals surface area contributed by atoms with E-state index < -0.39 is 0 Å². The number of pyridine rings is 1. The van der Waals surface area contributed by atoms with E-state index in [2.05, 4.69) is 11.1 Å². The summed E-state index contributed by atoms with van der Waals surface area (Å²) in [5, 5.41) is 1.77. The molecule has 0 radical (unpaired) electrons. The molecule has 0 bridgehead atoms. The molecule has 0 amide bonds. The number of nitrogens with two attached hydrogens (primary N) is 1. The number of hydrogen-bond donors (Lipinski definition) is 1. The van der Waals surface area contributed by atoms with Gasteiger partial charge in [0, 0.05) is 23.4 Å². The number of rotatable bonds is 3. The minimum Gasteiger partial charge on any atom is -0.481 e. The van der Waals surface area contributed by atoms with E-state index in [1.165, 1.54) is 18.4 Å². The van der Waals surface area contributed by atoms with Crippen LogP contribution in [0.2, 0.25) is 5.02 Å². The summed E-state index contributed by atoms with van der Waals surface area (Å²) in [5.74, 6) is 0.607. The quantitative estimate of drug-likeness (QED) is 0.938. The predicted molar refractivity (Wildman–Crippen MR) is 82.5 cm³/mol. The van der Waals surface area contributed by atoms with Crippen LogP contribution in [0.3, 0.4) is 0 Å². The van der Waals surface area contributed by atoms with Crippen molar-refractivity contribution in [3.8, 4) is 5.88 Å². The van der Waals surface area contributed by atoms with Crippen LogP contribution in [0.4, 0.5) is 0 Å². The molecule has 2 N–H and O–H groups in total. The third-order valence-corrected chi connectivity index (χ3v) is 4.92. The molecule has 3 rings (SSSR count). The second-order valence-corrected chi connectivity index (χ2v) is 5.92. The molecule has 1 aromatic carbocycles. The zero-order valence-electron chi connectivity index (χ0n) is 11.7. The molecule has 1 aromatic heterocycles. The number of halogens is 1. The third kappa shape index (κ3) is 2.05. The number of ether oxygens (including phenoxy) is 1. The molecular formula is C16H19ClN2O. The predicted octanol–water partition coefficient (Wildman–Crippen LogP) is 3.67. The highest BCUT2D eigenvalue weighted by Gasteiger charge is 2.36. The van der Waals surface area contributed by atoms with Crippen molar-refractivity contribution < 1.29 is 4.74 Å². The molecule has 1 aliphatic rings. The molecular weight excluding hydrogens is 272 g/mol. The molecule has 0 aliphatic heterocycles. The lowest BCUT2D eigenvalue weighted by Crippen LogP contribution is -2.32. The minimum atomic E-state index is 0.0468. The smallest absolute Gasteiger partial charge is 0.213 e. The van der Waals surface area contributed by atoms with E-state index in [0.717, 1.165) is 28.8 Å². The van der Waals surface area contributed by atoms with Gasteiger partial charge in [-0.05, 0) is 30.5 Å². The van der Waals surface area contributed by atoms with Gasteiger partial charge < -0.3 is 10.5 Å². The summed E-state index contributed by atoms with van der Waals surface area (Å²) in [7, 11) is 1.62. The summed E-state index contributed by atoms with van der Waals surface area (Å²) in [6.07, 6.45) is 4.70. The molecule has 20 heavy (non-hydrogen) atoms. The Hall–Kier alpha value is -1.32. The molecule has 0 saturated heterocycles. The number of methoxy groups -OCH3 is 1. The van der Waals surface area contributed by atoms with Crippen LogP contribution in [0.5, 0.6) is 5.88 Å². The van der Waals surface area contributed by atoms with Gasteiger partial charge in [-0.25, -0.2) is 4.98 Å². The Bertz CT molecular complexity index is 636. The Labute approximate surface area is 124 Å². The number of benzene rings is 1. The van der Waals surface area contributed by atoms with Crippen LogP contribution < -0.4 is 10.5 Å². The highest BCUT2D eigenvalue weighted by Crippen LogP contribution is 2.44. The van der Waals surface area contributed by atoms with E-state index in [4.69, 9.17) is 22.1 Å². The lowest BCUT2D eigenvalue weighted by atomic mass is 9.78. The fourth-order valence-electron chi connectivity index (χ4n) is 3.31. The summed E-state index contributed by atoms with van der Waals surface area (Å²) in [5.41, 5.74) is 8.16. The molecule has 0 atom stereocenters. The van der Waals surface area contributed by atoms with E-state index in [9.17, 15) is 0 Å². The summed E-state index contributed by atoms with van der Waals surface area (Å²) >= 11 is 6.65. The van der Waals surface area contributed by atoms with E-state index in [0.29, 0.717) is 12.4 Å². The maximum atomic E-state index is 6.65. The second kappa shape index (κ2) is 5.23. The zero-order chi connectivity index (χ0) is 14.2. The Morgan fingerprint density at radius 1 is 1.25 bits per heavy atom. The van der Waals surface area contributed by atoms with Crippen molar-refractivity contribution in [1.29, 1.82) is 0 Å². The first-order valence-corrected chi connectivity index (χ1v) is 7.42. The lowest BCUT2D eigenvalue weighted by Gasteiger charge is -2.29. The molecule has 3 nitrogen and oxygen atoms in total. The molecule has 4 heteroatoms. The fraction of sp³-hybridized carbons (Fsp3) is 0.438. The van der Waals surface area contributed by atoms with Gasteiger partial charge in [0.25, 0.3) is 0 Å². The summed E-state index contributed by atoms with van der Waals surface area (Å²) in [6.45, 7) is 0.655. The monoisotopic (exact) mass is 290 g/mol. The van der Waals surface area contributed by atoms with Crippen LogP contribution in [0, 0.1) is 0 Å². The van der Waals surface area contributed by atoms with Crippen molar-refractivity contribution in [2.75, 3.05) is 13.7 Å². The number of nitrogens with zero attached hydrogens (tertiary/aromatic N) is 1. The topological polar surface area (TPSA) is 48.1 Å². The molecule has 0 spiro atoms. The molecule has 1 fully saturated rings. The van der Waals surface area contributed by atoms with Crippen molar-refractivity contribution in [3.63, 3.8) is 0 Å². The Kier molecular flexibility index (Phi) is 3.57. The van der Waals surface area contributed by atoms with Crippen molar-refractivity contribution in [1.82, 2.24) is 4.98 Å². The van der Waals surface area contributed by atoms with Gasteiger partial charge in [-0.1, -0.05) is 30.5 Å². The van der Waals surface area contributed by atoms with Gasteiger partial charge in [0.2, 0.25) is 5.88 Å². The Balaban J connectivity index is 2.16. The van der Waals surface area contributed by atoms with Gasteiger partial charge >= 0.3 is 0 Å². The van der Waals surface area contributed by atoms with Crippen LogP contribution in [-0.2, 0) is 5.41 Å². The van der Waals surface area contributed by atoms with Crippen molar-refractivity contribution in [2.24, 2.45) is 5.73 Å². The average Bonchev–Trinajstić information content (AvgIpc) is 2.97. The SMILES string of the molecule is COc1ccc2c(Cl)c(C3(CN)CCCC3)ccc2n1. The summed E-state index contributed by atoms with van der Waals surface area (Å²) in [6, 6.07) is 7.94. The maximum Gasteiger partial charge on any atom is 0.213 e. The van der Waals surface area contributed by atoms with Gasteiger partial charge in [0.05, 0.1) is 17.6 Å². The Morgan fingerprint density at radius 3 is 2.65 bits per heavy atom. The van der Waals surface area contributed by atoms with Gasteiger partial charge in [-0.3, -0.25) is 0 Å². The van der Waals surface area contributed by atoms with Gasteiger partial charge in [-0.2, -0.15) is 0 Å². The van der Waals surface area contributed by atoms with Gasteiger partial charge in [0.1, 0.15) is 0 Å². The maximum absolute atomic E-state index is 6.65. The van der Waals surface area contributed by atoms with Crippen LogP contribution in [-0.4, -0.2) is 18.6 Å². The molecule has 106 valence electrons. The molecule has 2 aromatic rings. The first kappa shape index (κ1) is 13.7. The Morgan fingerprint density at radius 2 is 2.00 bits per heavy atom. The second-order valence-electron chi connectivity index (χ2n) is 5.54. The number of aromatic nitrogens is 1. The van der Waals surface area contributed by atoms with Crippen molar-refractivity contribution in [3.05, 3.63) is 34.9 Å². The lowest BCUT2D eigenvalue weighted by molar-refractivity contribution is 0.399. The average molecular weight is 291 g/mol. The van der Waals surface area contributed by atoms with Crippen molar-refractivity contribution >= 4 is 22.5 Å². The van der Waals surface area contributed by atoms with Crippen molar-refractivity contribution in [2.45, 2.75) is 31.1 Å². The molecule has 1 saturated carbocycles. The highest BCUT2D eigenvalue weighted by molar-refractivity contribution is 6.36.